The highest BCUT2D eigenvalue weighted by atomic mass is 19.2. The normalized spacial score (nSPS) is 39.1. The van der Waals surface area contributed by atoms with Crippen LogP contribution in [0.4, 0.5) is 17.6 Å². The molecule has 0 radical (unpaired) electrons. The molecule has 9 fully saturated rings. The molecule has 82 heavy (non-hydrogen) atoms. The third-order valence-electron chi connectivity index (χ3n) is 18.1. The van der Waals surface area contributed by atoms with Crippen LogP contribution in [0.2, 0.25) is 0 Å². The lowest BCUT2D eigenvalue weighted by Crippen LogP contribution is -2.50. The van der Waals surface area contributed by atoms with Gasteiger partial charge in [-0.25, -0.2) is 17.6 Å². The van der Waals surface area contributed by atoms with Crippen molar-refractivity contribution >= 4 is 0 Å². The van der Waals surface area contributed by atoms with Crippen molar-refractivity contribution in [2.75, 3.05) is 39.5 Å². The Morgan fingerprint density at radius 2 is 0.610 bits per heavy atom. The molecule has 5 saturated carbocycles. The highest BCUT2D eigenvalue weighted by Crippen LogP contribution is 2.34. The number of hydrogen-bond acceptors (Lipinski definition) is 6. The van der Waals surface area contributed by atoms with Crippen molar-refractivity contribution in [1.29, 1.82) is 0 Å². The van der Waals surface area contributed by atoms with Crippen LogP contribution >= 0.6 is 0 Å². The molecule has 0 aromatic rings. The molecule has 12 nitrogen and oxygen atoms in total. The molecule has 12 atom stereocenters. The van der Waals surface area contributed by atoms with Crippen molar-refractivity contribution in [3.05, 3.63) is 0 Å². The lowest BCUT2D eigenvalue weighted by molar-refractivity contribution is -0.187. The lowest BCUT2D eigenvalue weighted by Gasteiger charge is -2.30. The van der Waals surface area contributed by atoms with Gasteiger partial charge in [-0.2, -0.15) is 0 Å². The van der Waals surface area contributed by atoms with E-state index in [1.165, 1.54) is 96.4 Å². The Morgan fingerprint density at radius 3 is 0.878 bits per heavy atom. The number of rotatable bonds is 0. The molecule has 5 aliphatic carbocycles. The van der Waals surface area contributed by atoms with Gasteiger partial charge in [-0.3, -0.25) is 0 Å². The maximum Gasteiger partial charge on any atom is 0.154 e. The smallest absolute Gasteiger partial charge is 0.154 e. The van der Waals surface area contributed by atoms with Crippen LogP contribution in [-0.2, 0) is 14.2 Å². The minimum absolute atomic E-state index is 0. The van der Waals surface area contributed by atoms with Crippen LogP contribution in [0.3, 0.4) is 0 Å². The number of piperidine rings is 1. The highest BCUT2D eigenvalue weighted by Gasteiger charge is 2.33. The van der Waals surface area contributed by atoms with Gasteiger partial charge in [-0.05, 0) is 169 Å². The summed E-state index contributed by atoms with van der Waals surface area (Å²) in [7, 11) is 0. The molecule has 4 saturated heterocycles. The molecule has 506 valence electrons. The second kappa shape index (κ2) is 53.3. The van der Waals surface area contributed by atoms with Gasteiger partial charge in [0.1, 0.15) is 24.7 Å². The van der Waals surface area contributed by atoms with E-state index >= 15 is 0 Å². The van der Waals surface area contributed by atoms with Crippen LogP contribution in [0.5, 0.6) is 0 Å². The van der Waals surface area contributed by atoms with Crippen molar-refractivity contribution in [1.82, 2.24) is 16.0 Å². The minimum atomic E-state index is -0.918. The van der Waals surface area contributed by atoms with Crippen molar-refractivity contribution < 1.29 is 66.1 Å². The van der Waals surface area contributed by atoms with Gasteiger partial charge in [0.15, 0.2) is 6.29 Å². The van der Waals surface area contributed by atoms with Crippen LogP contribution in [-0.4, -0.2) is 122 Å². The number of nitrogens with one attached hydrogen (secondary N) is 3. The second-order valence-electron chi connectivity index (χ2n) is 27.8. The molecule has 4 heterocycles. The van der Waals surface area contributed by atoms with Crippen LogP contribution in [0, 0.1) is 82.9 Å². The van der Waals surface area contributed by atoms with E-state index in [0.717, 1.165) is 106 Å². The second-order valence-corrected chi connectivity index (χ2v) is 27.8. The van der Waals surface area contributed by atoms with E-state index in [2.05, 4.69) is 106 Å². The molecule has 9 rings (SSSR count). The molecule has 0 amide bonds. The number of halogens is 4. The van der Waals surface area contributed by atoms with E-state index < -0.39 is 24.7 Å². The Kier molecular flexibility index (Phi) is 60.0. The fourth-order valence-corrected chi connectivity index (χ4v) is 11.1. The van der Waals surface area contributed by atoms with Crippen LogP contribution in [0.15, 0.2) is 0 Å². The minimum Gasteiger partial charge on any atom is -0.412 e. The van der Waals surface area contributed by atoms with Gasteiger partial charge in [0.25, 0.3) is 0 Å². The van der Waals surface area contributed by atoms with Gasteiger partial charge in [0.2, 0.25) is 0 Å². The largest absolute Gasteiger partial charge is 0.412 e. The summed E-state index contributed by atoms with van der Waals surface area (Å²) in [5, 5.41) is 10.1. The summed E-state index contributed by atoms with van der Waals surface area (Å²) >= 11 is 0. The van der Waals surface area contributed by atoms with E-state index in [1.54, 1.807) is 6.92 Å². The first-order valence-electron chi connectivity index (χ1n) is 32.3. The van der Waals surface area contributed by atoms with E-state index in [-0.39, 0.29) is 52.4 Å². The fraction of sp³-hybridized carbons (Fsp3) is 1.00. The summed E-state index contributed by atoms with van der Waals surface area (Å²) in [5.41, 5.74) is 0. The third kappa shape index (κ3) is 47.3. The van der Waals surface area contributed by atoms with Crippen molar-refractivity contribution in [3.63, 3.8) is 0 Å². The summed E-state index contributed by atoms with van der Waals surface area (Å²) < 4.78 is 67.1. The van der Waals surface area contributed by atoms with Crippen LogP contribution < -0.4 is 16.0 Å². The third-order valence-corrected chi connectivity index (χ3v) is 18.1. The van der Waals surface area contributed by atoms with Gasteiger partial charge in [0, 0.05) is 39.0 Å². The van der Waals surface area contributed by atoms with Crippen molar-refractivity contribution in [3.8, 4) is 0 Å². The maximum atomic E-state index is 12.8. The molecule has 4 aliphatic heterocycles. The van der Waals surface area contributed by atoms with E-state index in [4.69, 9.17) is 14.2 Å². The molecule has 0 aromatic heterocycles. The summed E-state index contributed by atoms with van der Waals surface area (Å²) in [6, 6.07) is 0.770. The molecule has 16 heteroatoms. The predicted molar refractivity (Wildman–Crippen MR) is 344 cm³/mol. The average molecular weight is 1200 g/mol. The Bertz CT molecular complexity index is 1090. The van der Waals surface area contributed by atoms with Gasteiger partial charge >= 0.3 is 0 Å². The Morgan fingerprint density at radius 1 is 0.293 bits per heavy atom. The first kappa shape index (κ1) is 92.4. The molecule has 9 aliphatic rings. The van der Waals surface area contributed by atoms with E-state index in [9.17, 15) is 17.6 Å². The summed E-state index contributed by atoms with van der Waals surface area (Å²) in [4.78, 5) is 0. The monoisotopic (exact) mass is 1200 g/mol. The Hall–Kier alpha value is -0.760. The summed E-state index contributed by atoms with van der Waals surface area (Å²) in [6.07, 6.45) is 22.6. The number of alkyl halides is 4. The molecular formula is C66H145F4N3O9. The summed E-state index contributed by atoms with van der Waals surface area (Å²) in [6.45, 7) is 44.9. The van der Waals surface area contributed by atoms with Gasteiger partial charge in [-0.15, -0.1) is 0 Å². The van der Waals surface area contributed by atoms with Gasteiger partial charge < -0.3 is 63.0 Å². The van der Waals surface area contributed by atoms with Gasteiger partial charge in [0.05, 0.1) is 25.5 Å². The zero-order valence-electron chi connectivity index (χ0n) is 56.3. The topological polar surface area (TPSA) is 253 Å². The lowest BCUT2D eigenvalue weighted by atomic mass is 9.81. The highest BCUT2D eigenvalue weighted by molar-refractivity contribution is 4.82. The molecule has 0 bridgehead atoms. The zero-order chi connectivity index (χ0) is 57.3. The predicted octanol–water partition coefficient (Wildman–Crippen LogP) is 13.6. The van der Waals surface area contributed by atoms with Gasteiger partial charge in [-0.1, -0.05) is 161 Å². The number of ether oxygens (including phenoxy) is 3. The molecule has 0 spiro atoms. The molecule has 15 N–H and O–H groups in total. The van der Waals surface area contributed by atoms with Crippen molar-refractivity contribution in [2.45, 2.75) is 302 Å². The SMILES string of the molecule is CC1CC(F)C(C)C(F)C1.CC1CCC(C)C(F)C1.CC1CCC(C)C(F)C1.CC1CCC(C)CC1.CC1CCC(C)CC1.CC1CCC(C)NC1.CC1CCC(C)OC1.CC1CNC(C)NC1.CC1COC(C)OC1.O.O.O.O.O.O.[HH]. The van der Waals surface area contributed by atoms with E-state index in [1.807, 2.05) is 27.7 Å². The molecular weight excluding hydrogens is 1050 g/mol. The Balaban J connectivity index is -0.000000155. The first-order valence-corrected chi connectivity index (χ1v) is 32.3. The van der Waals surface area contributed by atoms with Crippen LogP contribution in [0.25, 0.3) is 0 Å². The van der Waals surface area contributed by atoms with Crippen molar-refractivity contribution in [2.24, 2.45) is 82.9 Å². The average Bonchev–Trinajstić information content (AvgIpc) is 3.38. The fourth-order valence-electron chi connectivity index (χ4n) is 11.1. The van der Waals surface area contributed by atoms with E-state index in [0.29, 0.717) is 54.7 Å². The molecule has 0 aromatic carbocycles. The maximum absolute atomic E-state index is 12.8. The van der Waals surface area contributed by atoms with Crippen LogP contribution in [0.1, 0.15) is 254 Å². The summed E-state index contributed by atoms with van der Waals surface area (Å²) in [5.74, 6) is 8.89. The number of hydrogen-bond donors (Lipinski definition) is 3. The zero-order valence-corrected chi connectivity index (χ0v) is 56.3. The standard InChI is InChI=1S/C8H14F2.2C8H15F.2C8H16.C7H15N.C7H14O.C6H14N2.C6H12O2.6H2O.H2/c1-5-3-7(9)6(2)8(10)4-5;2*1-6-3-4-7(2)8(9)5-6;2*1-7-3-5-8(2)6-4-7;2*1-6-3-4-7(2)8-5-6;2*1-5-3-7-6(2)8-4-5;;;;;;;/h5-8H,3-4H2,1-2H3;2*6-8H,3-5H2,1-2H3;2*7-8H,3-6H2,1-2H3;6-8H,3-5H2,1-2H3;6-7H,3-5H2,1-2H3;5-8H,3-4H2,1-2H3;5-6H,3-4H2,1-2H3;6*1H2;1H. The Labute approximate surface area is 504 Å². The quantitative estimate of drug-likeness (QED) is 0.199. The molecule has 12 unspecified atom stereocenters. The first-order chi connectivity index (χ1) is 35.7.